The Labute approximate surface area is 108 Å². The summed E-state index contributed by atoms with van der Waals surface area (Å²) in [7, 11) is 0. The van der Waals surface area contributed by atoms with Gasteiger partial charge in [-0.15, -0.1) is 0 Å². The highest BCUT2D eigenvalue weighted by molar-refractivity contribution is 5.67. The Hall–Kier alpha value is -1.93. The van der Waals surface area contributed by atoms with Crippen LogP contribution in [0.4, 0.5) is 0 Å². The van der Waals surface area contributed by atoms with E-state index >= 15 is 0 Å². The molecule has 0 saturated heterocycles. The second-order valence-electron chi connectivity index (χ2n) is 4.75. The van der Waals surface area contributed by atoms with Crippen LogP contribution in [0.2, 0.25) is 0 Å². The van der Waals surface area contributed by atoms with Gasteiger partial charge in [0.1, 0.15) is 5.60 Å². The van der Waals surface area contributed by atoms with E-state index in [9.17, 15) is 5.11 Å². The molecule has 0 aliphatic carbocycles. The van der Waals surface area contributed by atoms with Crippen LogP contribution in [0.25, 0.3) is 12.2 Å². The third kappa shape index (κ3) is 3.28. The van der Waals surface area contributed by atoms with Crippen molar-refractivity contribution in [3.8, 4) is 0 Å². The molecular formula is C16H17NO. The second-order valence-corrected chi connectivity index (χ2v) is 4.75. The minimum Gasteiger partial charge on any atom is -0.384 e. The van der Waals surface area contributed by atoms with Gasteiger partial charge in [-0.2, -0.15) is 0 Å². The summed E-state index contributed by atoms with van der Waals surface area (Å²) in [4.78, 5) is 4.42. The van der Waals surface area contributed by atoms with Crippen molar-refractivity contribution in [1.29, 1.82) is 0 Å². The SMILES string of the molecule is CC(C)(O)c1cccc(/C=C/c2ccccc2)n1. The van der Waals surface area contributed by atoms with Crippen molar-refractivity contribution in [2.24, 2.45) is 0 Å². The maximum absolute atomic E-state index is 9.91. The van der Waals surface area contributed by atoms with Crippen LogP contribution in [0.3, 0.4) is 0 Å². The quantitative estimate of drug-likeness (QED) is 0.889. The summed E-state index contributed by atoms with van der Waals surface area (Å²) in [5, 5.41) is 9.91. The number of benzene rings is 1. The molecule has 2 nitrogen and oxygen atoms in total. The monoisotopic (exact) mass is 239 g/mol. The lowest BCUT2D eigenvalue weighted by atomic mass is 10.0. The van der Waals surface area contributed by atoms with Crippen LogP contribution in [0, 0.1) is 0 Å². The number of aliphatic hydroxyl groups is 1. The van der Waals surface area contributed by atoms with Crippen molar-refractivity contribution < 1.29 is 5.11 Å². The van der Waals surface area contributed by atoms with Crippen molar-refractivity contribution in [3.63, 3.8) is 0 Å². The Bertz CT molecular complexity index is 539. The minimum absolute atomic E-state index is 0.678. The van der Waals surface area contributed by atoms with Gasteiger partial charge in [0.2, 0.25) is 0 Å². The Morgan fingerprint density at radius 3 is 2.33 bits per heavy atom. The van der Waals surface area contributed by atoms with E-state index in [4.69, 9.17) is 0 Å². The molecule has 2 aromatic rings. The highest BCUT2D eigenvalue weighted by Crippen LogP contribution is 2.17. The predicted octanol–water partition coefficient (Wildman–Crippen LogP) is 3.48. The first-order chi connectivity index (χ1) is 8.55. The number of hydrogen-bond acceptors (Lipinski definition) is 2. The minimum atomic E-state index is -0.906. The molecule has 2 rings (SSSR count). The van der Waals surface area contributed by atoms with Crippen LogP contribution in [-0.2, 0) is 5.60 Å². The lowest BCUT2D eigenvalue weighted by molar-refractivity contribution is 0.0738. The Balaban J connectivity index is 2.23. The van der Waals surface area contributed by atoms with Gasteiger partial charge in [-0.1, -0.05) is 42.5 Å². The van der Waals surface area contributed by atoms with Gasteiger partial charge >= 0.3 is 0 Å². The van der Waals surface area contributed by atoms with Crippen LogP contribution < -0.4 is 0 Å². The van der Waals surface area contributed by atoms with E-state index in [-0.39, 0.29) is 0 Å². The van der Waals surface area contributed by atoms with E-state index in [0.717, 1.165) is 11.3 Å². The molecule has 0 fully saturated rings. The number of rotatable bonds is 3. The lowest BCUT2D eigenvalue weighted by Crippen LogP contribution is -2.17. The molecule has 92 valence electrons. The normalized spacial score (nSPS) is 11.9. The van der Waals surface area contributed by atoms with Crippen LogP contribution in [0.15, 0.2) is 48.5 Å². The van der Waals surface area contributed by atoms with E-state index in [1.165, 1.54) is 0 Å². The van der Waals surface area contributed by atoms with E-state index in [0.29, 0.717) is 5.69 Å². The van der Waals surface area contributed by atoms with Crippen molar-refractivity contribution in [2.45, 2.75) is 19.4 Å². The summed E-state index contributed by atoms with van der Waals surface area (Å²) in [6, 6.07) is 15.7. The largest absolute Gasteiger partial charge is 0.384 e. The van der Waals surface area contributed by atoms with Gasteiger partial charge < -0.3 is 5.11 Å². The van der Waals surface area contributed by atoms with Crippen molar-refractivity contribution in [2.75, 3.05) is 0 Å². The van der Waals surface area contributed by atoms with Gasteiger partial charge in [-0.25, -0.2) is 0 Å². The molecular weight excluding hydrogens is 222 g/mol. The molecule has 0 bridgehead atoms. The zero-order valence-corrected chi connectivity index (χ0v) is 10.7. The number of aromatic nitrogens is 1. The Morgan fingerprint density at radius 1 is 0.944 bits per heavy atom. The third-order valence-electron chi connectivity index (χ3n) is 2.64. The van der Waals surface area contributed by atoms with Gasteiger partial charge in [-0.05, 0) is 37.6 Å². The average Bonchev–Trinajstić information content (AvgIpc) is 2.37. The van der Waals surface area contributed by atoms with Crippen LogP contribution in [0.1, 0.15) is 30.8 Å². The summed E-state index contributed by atoms with van der Waals surface area (Å²) in [5.74, 6) is 0. The molecule has 0 radical (unpaired) electrons. The zero-order valence-electron chi connectivity index (χ0n) is 10.7. The first kappa shape index (κ1) is 12.5. The fourth-order valence-corrected chi connectivity index (χ4v) is 1.63. The van der Waals surface area contributed by atoms with Crippen LogP contribution in [0.5, 0.6) is 0 Å². The highest BCUT2D eigenvalue weighted by Gasteiger charge is 2.17. The zero-order chi connectivity index (χ0) is 13.0. The van der Waals surface area contributed by atoms with Crippen LogP contribution in [-0.4, -0.2) is 10.1 Å². The maximum atomic E-state index is 9.91. The first-order valence-electron chi connectivity index (χ1n) is 5.99. The van der Waals surface area contributed by atoms with Crippen LogP contribution >= 0.6 is 0 Å². The van der Waals surface area contributed by atoms with E-state index in [2.05, 4.69) is 4.98 Å². The fraction of sp³-hybridized carbons (Fsp3) is 0.188. The summed E-state index contributed by atoms with van der Waals surface area (Å²) < 4.78 is 0. The molecule has 0 unspecified atom stereocenters. The summed E-state index contributed by atoms with van der Waals surface area (Å²) in [6.07, 6.45) is 3.96. The molecule has 0 aliphatic rings. The second kappa shape index (κ2) is 5.15. The third-order valence-corrected chi connectivity index (χ3v) is 2.64. The highest BCUT2D eigenvalue weighted by atomic mass is 16.3. The average molecular weight is 239 g/mol. The Morgan fingerprint density at radius 2 is 1.67 bits per heavy atom. The van der Waals surface area contributed by atoms with Gasteiger partial charge in [-0.3, -0.25) is 4.98 Å². The molecule has 1 aromatic carbocycles. The lowest BCUT2D eigenvalue weighted by Gasteiger charge is -2.16. The molecule has 0 spiro atoms. The van der Waals surface area contributed by atoms with Gasteiger partial charge in [0.05, 0.1) is 11.4 Å². The molecule has 0 saturated carbocycles. The Kier molecular flexibility index (Phi) is 3.58. The molecule has 18 heavy (non-hydrogen) atoms. The first-order valence-corrected chi connectivity index (χ1v) is 5.99. The standard InChI is InChI=1S/C16H17NO/c1-16(2,18)15-10-6-9-14(17-15)12-11-13-7-4-3-5-8-13/h3-12,18H,1-2H3/b12-11+. The molecule has 0 amide bonds. The molecule has 1 N–H and O–H groups in total. The van der Waals surface area contributed by atoms with Gasteiger partial charge in [0, 0.05) is 0 Å². The van der Waals surface area contributed by atoms with Crippen molar-refractivity contribution in [1.82, 2.24) is 4.98 Å². The fourth-order valence-electron chi connectivity index (χ4n) is 1.63. The summed E-state index contributed by atoms with van der Waals surface area (Å²) >= 11 is 0. The van der Waals surface area contributed by atoms with Gasteiger partial charge in [0.15, 0.2) is 0 Å². The molecule has 2 heteroatoms. The number of hydrogen-bond donors (Lipinski definition) is 1. The topological polar surface area (TPSA) is 33.1 Å². The van der Waals surface area contributed by atoms with E-state index < -0.39 is 5.60 Å². The smallest absolute Gasteiger partial charge is 0.101 e. The van der Waals surface area contributed by atoms with Crippen molar-refractivity contribution in [3.05, 3.63) is 65.5 Å². The molecule has 0 aliphatic heterocycles. The number of nitrogens with zero attached hydrogens (tertiary/aromatic N) is 1. The van der Waals surface area contributed by atoms with E-state index in [1.54, 1.807) is 13.8 Å². The van der Waals surface area contributed by atoms with E-state index in [1.807, 2.05) is 60.7 Å². The maximum Gasteiger partial charge on any atom is 0.101 e. The summed E-state index contributed by atoms with van der Waals surface area (Å²) in [5.41, 5.74) is 1.75. The molecule has 0 atom stereocenters. The summed E-state index contributed by atoms with van der Waals surface area (Å²) in [6.45, 7) is 3.47. The molecule has 1 aromatic heterocycles. The number of pyridine rings is 1. The predicted molar refractivity (Wildman–Crippen MR) is 74.9 cm³/mol. The molecule has 1 heterocycles. The van der Waals surface area contributed by atoms with Crippen molar-refractivity contribution >= 4 is 12.2 Å². The van der Waals surface area contributed by atoms with Gasteiger partial charge in [0.25, 0.3) is 0 Å².